The molecule has 0 atom stereocenters. The fraction of sp³-hybridized carbons (Fsp3) is 0.357. The maximum atomic E-state index is 12.5. The summed E-state index contributed by atoms with van der Waals surface area (Å²) in [6, 6.07) is 5.36. The maximum Gasteiger partial charge on any atom is 0.262 e. The maximum absolute atomic E-state index is 12.5. The van der Waals surface area contributed by atoms with E-state index in [2.05, 4.69) is 9.82 Å². The SMILES string of the molecule is Cc1ccc(CN)cc1S(=O)(=O)Nc1cnn(C(C)C)c1. The molecule has 0 saturated carbocycles. The summed E-state index contributed by atoms with van der Waals surface area (Å²) in [5.74, 6) is 0. The van der Waals surface area contributed by atoms with Crippen molar-refractivity contribution in [3.05, 3.63) is 41.7 Å². The minimum absolute atomic E-state index is 0.172. The zero-order valence-corrected chi connectivity index (χ0v) is 13.2. The number of benzene rings is 1. The summed E-state index contributed by atoms with van der Waals surface area (Å²) in [4.78, 5) is 0.239. The Morgan fingerprint density at radius 2 is 2.10 bits per heavy atom. The number of nitrogens with zero attached hydrogens (tertiary/aromatic N) is 2. The zero-order chi connectivity index (χ0) is 15.6. The van der Waals surface area contributed by atoms with Gasteiger partial charge in [0.15, 0.2) is 0 Å². The highest BCUT2D eigenvalue weighted by Gasteiger charge is 2.18. The lowest BCUT2D eigenvalue weighted by molar-refractivity contribution is 0.532. The number of anilines is 1. The van der Waals surface area contributed by atoms with Crippen molar-refractivity contribution in [3.8, 4) is 0 Å². The zero-order valence-electron chi connectivity index (χ0n) is 12.4. The van der Waals surface area contributed by atoms with Gasteiger partial charge in [0.05, 0.1) is 16.8 Å². The molecule has 6 nitrogen and oxygen atoms in total. The summed E-state index contributed by atoms with van der Waals surface area (Å²) < 4.78 is 29.2. The molecule has 0 bridgehead atoms. The van der Waals surface area contributed by atoms with Crippen molar-refractivity contribution in [2.24, 2.45) is 5.73 Å². The molecule has 114 valence electrons. The molecule has 21 heavy (non-hydrogen) atoms. The Morgan fingerprint density at radius 3 is 2.67 bits per heavy atom. The average molecular weight is 308 g/mol. The predicted octanol–water partition coefficient (Wildman–Crippen LogP) is 2.03. The van der Waals surface area contributed by atoms with Crippen molar-refractivity contribution in [2.45, 2.75) is 38.3 Å². The lowest BCUT2D eigenvalue weighted by atomic mass is 10.1. The quantitative estimate of drug-likeness (QED) is 0.884. The molecule has 2 aromatic rings. The van der Waals surface area contributed by atoms with E-state index in [1.54, 1.807) is 29.9 Å². The van der Waals surface area contributed by atoms with Gasteiger partial charge in [0, 0.05) is 18.8 Å². The molecule has 0 aliphatic carbocycles. The summed E-state index contributed by atoms with van der Waals surface area (Å²) in [7, 11) is -3.65. The molecule has 1 heterocycles. The van der Waals surface area contributed by atoms with Crippen LogP contribution in [0.15, 0.2) is 35.5 Å². The molecule has 0 unspecified atom stereocenters. The van der Waals surface area contributed by atoms with E-state index in [1.807, 2.05) is 19.9 Å². The van der Waals surface area contributed by atoms with Gasteiger partial charge in [-0.15, -0.1) is 0 Å². The third-order valence-electron chi connectivity index (χ3n) is 3.16. The van der Waals surface area contributed by atoms with Gasteiger partial charge in [-0.25, -0.2) is 8.42 Å². The van der Waals surface area contributed by atoms with E-state index < -0.39 is 10.0 Å². The van der Waals surface area contributed by atoms with E-state index in [9.17, 15) is 8.42 Å². The number of sulfonamides is 1. The van der Waals surface area contributed by atoms with E-state index in [0.717, 1.165) is 5.56 Å². The summed E-state index contributed by atoms with van der Waals surface area (Å²) in [5.41, 5.74) is 7.47. The number of hydrogen-bond acceptors (Lipinski definition) is 4. The van der Waals surface area contributed by atoms with Gasteiger partial charge in [-0.1, -0.05) is 12.1 Å². The fourth-order valence-corrected chi connectivity index (χ4v) is 3.27. The van der Waals surface area contributed by atoms with Crippen LogP contribution in [0.5, 0.6) is 0 Å². The number of nitrogens with two attached hydrogens (primary N) is 1. The van der Waals surface area contributed by atoms with Crippen LogP contribution in [0.25, 0.3) is 0 Å². The Labute approximate surface area is 125 Å². The Hall–Kier alpha value is -1.86. The first-order valence-corrected chi connectivity index (χ1v) is 8.18. The van der Waals surface area contributed by atoms with Crippen LogP contribution in [0.4, 0.5) is 5.69 Å². The molecule has 0 saturated heterocycles. The lowest BCUT2D eigenvalue weighted by Gasteiger charge is -2.10. The number of aromatic nitrogens is 2. The second-order valence-electron chi connectivity index (χ2n) is 5.21. The summed E-state index contributed by atoms with van der Waals surface area (Å²) in [6.45, 7) is 6.00. The van der Waals surface area contributed by atoms with Gasteiger partial charge in [-0.2, -0.15) is 5.10 Å². The molecule has 0 amide bonds. The molecule has 1 aromatic carbocycles. The van der Waals surface area contributed by atoms with E-state index in [4.69, 9.17) is 5.73 Å². The second kappa shape index (κ2) is 5.87. The first-order valence-electron chi connectivity index (χ1n) is 6.70. The molecule has 0 spiro atoms. The van der Waals surface area contributed by atoms with Crippen LogP contribution in [0.2, 0.25) is 0 Å². The first-order chi connectivity index (χ1) is 9.83. The van der Waals surface area contributed by atoms with Crippen molar-refractivity contribution in [3.63, 3.8) is 0 Å². The van der Waals surface area contributed by atoms with E-state index in [0.29, 0.717) is 17.8 Å². The van der Waals surface area contributed by atoms with Crippen LogP contribution >= 0.6 is 0 Å². The van der Waals surface area contributed by atoms with E-state index in [1.165, 1.54) is 6.20 Å². The summed E-state index contributed by atoms with van der Waals surface area (Å²) in [6.07, 6.45) is 3.17. The third kappa shape index (κ3) is 3.43. The van der Waals surface area contributed by atoms with Crippen LogP contribution < -0.4 is 10.5 Å². The van der Waals surface area contributed by atoms with Gasteiger partial charge < -0.3 is 5.73 Å². The molecule has 0 fully saturated rings. The summed E-state index contributed by atoms with van der Waals surface area (Å²) in [5, 5.41) is 4.12. The van der Waals surface area contributed by atoms with Gasteiger partial charge in [0.2, 0.25) is 0 Å². The summed E-state index contributed by atoms with van der Waals surface area (Å²) >= 11 is 0. The molecule has 1 aromatic heterocycles. The molecule has 0 aliphatic rings. The highest BCUT2D eigenvalue weighted by Crippen LogP contribution is 2.21. The van der Waals surface area contributed by atoms with Gasteiger partial charge in [0.1, 0.15) is 0 Å². The van der Waals surface area contributed by atoms with E-state index in [-0.39, 0.29) is 10.9 Å². The third-order valence-corrected chi connectivity index (χ3v) is 4.68. The minimum atomic E-state index is -3.65. The number of aryl methyl sites for hydroxylation is 1. The van der Waals surface area contributed by atoms with Crippen LogP contribution in [0, 0.1) is 6.92 Å². The van der Waals surface area contributed by atoms with Crippen molar-refractivity contribution in [1.82, 2.24) is 9.78 Å². The van der Waals surface area contributed by atoms with Crippen molar-refractivity contribution in [1.29, 1.82) is 0 Å². The average Bonchev–Trinajstić information content (AvgIpc) is 2.87. The molecule has 3 N–H and O–H groups in total. The lowest BCUT2D eigenvalue weighted by Crippen LogP contribution is -2.14. The second-order valence-corrected chi connectivity index (χ2v) is 6.86. The van der Waals surface area contributed by atoms with Crippen LogP contribution in [0.1, 0.15) is 31.0 Å². The first kappa shape index (κ1) is 15.5. The molecule has 7 heteroatoms. The molecular formula is C14H20N4O2S. The van der Waals surface area contributed by atoms with Gasteiger partial charge in [-0.3, -0.25) is 9.40 Å². The number of rotatable bonds is 5. The van der Waals surface area contributed by atoms with Crippen LogP contribution in [-0.2, 0) is 16.6 Å². The largest absolute Gasteiger partial charge is 0.326 e. The predicted molar refractivity (Wildman–Crippen MR) is 82.5 cm³/mol. The van der Waals surface area contributed by atoms with Crippen molar-refractivity contribution < 1.29 is 8.42 Å². The minimum Gasteiger partial charge on any atom is -0.326 e. The highest BCUT2D eigenvalue weighted by molar-refractivity contribution is 7.92. The van der Waals surface area contributed by atoms with E-state index >= 15 is 0 Å². The van der Waals surface area contributed by atoms with Gasteiger partial charge in [-0.05, 0) is 38.0 Å². The highest BCUT2D eigenvalue weighted by atomic mass is 32.2. The van der Waals surface area contributed by atoms with Crippen LogP contribution in [0.3, 0.4) is 0 Å². The van der Waals surface area contributed by atoms with Gasteiger partial charge >= 0.3 is 0 Å². The van der Waals surface area contributed by atoms with Crippen LogP contribution in [-0.4, -0.2) is 18.2 Å². The molecule has 0 aliphatic heterocycles. The fourth-order valence-electron chi connectivity index (χ4n) is 1.94. The molecular weight excluding hydrogens is 288 g/mol. The van der Waals surface area contributed by atoms with Crippen molar-refractivity contribution in [2.75, 3.05) is 4.72 Å². The number of hydrogen-bond donors (Lipinski definition) is 2. The smallest absolute Gasteiger partial charge is 0.262 e. The monoisotopic (exact) mass is 308 g/mol. The standard InChI is InChI=1S/C14H20N4O2S/c1-10(2)18-9-13(8-16-18)17-21(19,20)14-6-12(7-15)5-4-11(14)3/h4-6,8-10,17H,7,15H2,1-3H3. The molecule has 2 rings (SSSR count). The number of nitrogens with one attached hydrogen (secondary N) is 1. The Morgan fingerprint density at radius 1 is 1.38 bits per heavy atom. The Kier molecular flexibility index (Phi) is 4.34. The topological polar surface area (TPSA) is 90.0 Å². The van der Waals surface area contributed by atoms with Gasteiger partial charge in [0.25, 0.3) is 10.0 Å². The Bertz CT molecular complexity index is 735. The molecule has 0 radical (unpaired) electrons. The normalized spacial score (nSPS) is 11.9. The van der Waals surface area contributed by atoms with Crippen molar-refractivity contribution >= 4 is 15.7 Å². The Balaban J connectivity index is 2.33.